The maximum atomic E-state index is 2.61. The summed E-state index contributed by atoms with van der Waals surface area (Å²) >= 11 is 0. The van der Waals surface area contributed by atoms with E-state index in [1.54, 1.807) is 11.1 Å². The van der Waals surface area contributed by atoms with E-state index in [2.05, 4.69) is 46.8 Å². The van der Waals surface area contributed by atoms with E-state index < -0.39 is 0 Å². The predicted molar refractivity (Wildman–Crippen MR) is 142 cm³/mol. The molecule has 0 heterocycles. The van der Waals surface area contributed by atoms with Crippen molar-refractivity contribution in [3.63, 3.8) is 0 Å². The summed E-state index contributed by atoms with van der Waals surface area (Å²) in [7, 11) is 0.0222. The van der Waals surface area contributed by atoms with Gasteiger partial charge in [-0.25, -0.2) is 0 Å². The Bertz CT molecular complexity index is 533. The molecule has 30 heavy (non-hydrogen) atoms. The highest BCUT2D eigenvalue weighted by molar-refractivity contribution is 7.65. The van der Waals surface area contributed by atoms with Crippen LogP contribution in [0.4, 0.5) is 0 Å². The maximum Gasteiger partial charge on any atom is -0.0206 e. The minimum absolute atomic E-state index is 0.0222. The number of rotatable bonds is 19. The van der Waals surface area contributed by atoms with E-state index in [1.165, 1.54) is 115 Å². The first-order valence-corrected chi connectivity index (χ1v) is 15.3. The van der Waals surface area contributed by atoms with Crippen molar-refractivity contribution in [2.75, 3.05) is 12.3 Å². The van der Waals surface area contributed by atoms with Crippen molar-refractivity contribution < 1.29 is 0 Å². The molecule has 0 fully saturated rings. The zero-order valence-electron chi connectivity index (χ0n) is 21.3. The van der Waals surface area contributed by atoms with Crippen LogP contribution >= 0.6 is 7.92 Å². The standard InChI is InChI=1S/C29H53P/c1-6-11-16-18-25-30(24-17-12-7-2)29-23-22-26(19-13-8-3)27(20-14-9-4)28(29)21-15-10-5/h22-23H,6-21,24-25H2,1-5H3. The number of aryl methyl sites for hydroxylation is 1. The lowest BCUT2D eigenvalue weighted by Crippen LogP contribution is -2.18. The van der Waals surface area contributed by atoms with E-state index >= 15 is 0 Å². The van der Waals surface area contributed by atoms with Gasteiger partial charge in [0.2, 0.25) is 0 Å². The van der Waals surface area contributed by atoms with Crippen LogP contribution in [-0.2, 0) is 19.3 Å². The molecule has 1 atom stereocenters. The highest BCUT2D eigenvalue weighted by Crippen LogP contribution is 2.40. The van der Waals surface area contributed by atoms with Crippen LogP contribution in [0, 0.1) is 0 Å². The Kier molecular flexibility index (Phi) is 16.8. The van der Waals surface area contributed by atoms with E-state index in [0.717, 1.165) is 0 Å². The minimum Gasteiger partial charge on any atom is -0.0750 e. The Hall–Kier alpha value is -0.350. The van der Waals surface area contributed by atoms with Gasteiger partial charge < -0.3 is 0 Å². The molecule has 0 nitrogen and oxygen atoms in total. The fraction of sp³-hybridized carbons (Fsp3) is 0.793. The largest absolute Gasteiger partial charge is 0.0750 e. The molecule has 0 saturated heterocycles. The number of hydrogen-bond acceptors (Lipinski definition) is 0. The third kappa shape index (κ3) is 10.3. The Morgan fingerprint density at radius 3 is 1.60 bits per heavy atom. The number of benzene rings is 1. The molecule has 0 radical (unpaired) electrons. The first kappa shape index (κ1) is 27.7. The molecule has 174 valence electrons. The van der Waals surface area contributed by atoms with Gasteiger partial charge in [-0.2, -0.15) is 0 Å². The summed E-state index contributed by atoms with van der Waals surface area (Å²) in [5.74, 6) is 0. The van der Waals surface area contributed by atoms with Crippen LogP contribution in [0.2, 0.25) is 0 Å². The van der Waals surface area contributed by atoms with E-state index in [0.29, 0.717) is 0 Å². The summed E-state index contributed by atoms with van der Waals surface area (Å²) < 4.78 is 0. The lowest BCUT2D eigenvalue weighted by molar-refractivity contribution is 0.703. The first-order valence-electron chi connectivity index (χ1n) is 13.6. The summed E-state index contributed by atoms with van der Waals surface area (Å²) in [6.07, 6.45) is 24.7. The highest BCUT2D eigenvalue weighted by atomic mass is 31.1. The van der Waals surface area contributed by atoms with E-state index in [4.69, 9.17) is 0 Å². The number of hydrogen-bond donors (Lipinski definition) is 0. The maximum absolute atomic E-state index is 2.61. The van der Waals surface area contributed by atoms with Gasteiger partial charge in [0.25, 0.3) is 0 Å². The topological polar surface area (TPSA) is 0 Å². The molecule has 1 heteroatoms. The van der Waals surface area contributed by atoms with Crippen molar-refractivity contribution >= 4 is 13.2 Å². The minimum atomic E-state index is 0.0222. The van der Waals surface area contributed by atoms with E-state index in [9.17, 15) is 0 Å². The second-order valence-corrected chi connectivity index (χ2v) is 11.7. The summed E-state index contributed by atoms with van der Waals surface area (Å²) in [5, 5.41) is 1.82. The van der Waals surface area contributed by atoms with Gasteiger partial charge in [0.1, 0.15) is 0 Å². The lowest BCUT2D eigenvalue weighted by Gasteiger charge is -2.26. The summed E-state index contributed by atoms with van der Waals surface area (Å²) in [6.45, 7) is 11.7. The Morgan fingerprint density at radius 1 is 0.500 bits per heavy atom. The average Bonchev–Trinajstić information content (AvgIpc) is 2.76. The van der Waals surface area contributed by atoms with Gasteiger partial charge in [-0.1, -0.05) is 106 Å². The molecule has 0 bridgehead atoms. The molecule has 1 unspecified atom stereocenters. The smallest absolute Gasteiger partial charge is 0.0206 e. The Balaban J connectivity index is 3.24. The normalized spacial score (nSPS) is 12.4. The van der Waals surface area contributed by atoms with Crippen LogP contribution in [0.5, 0.6) is 0 Å². The first-order chi connectivity index (χ1) is 14.7. The molecular weight excluding hydrogens is 379 g/mol. The molecule has 1 aromatic carbocycles. The zero-order valence-corrected chi connectivity index (χ0v) is 22.2. The third-order valence-corrected chi connectivity index (χ3v) is 9.33. The van der Waals surface area contributed by atoms with Crippen LogP contribution in [0.3, 0.4) is 0 Å². The van der Waals surface area contributed by atoms with Gasteiger partial charge >= 0.3 is 0 Å². The Labute approximate surface area is 191 Å². The third-order valence-electron chi connectivity index (χ3n) is 6.52. The van der Waals surface area contributed by atoms with Crippen molar-refractivity contribution in [1.29, 1.82) is 0 Å². The fourth-order valence-electron chi connectivity index (χ4n) is 4.56. The molecule has 1 rings (SSSR count). The van der Waals surface area contributed by atoms with E-state index in [1.807, 2.05) is 10.9 Å². The summed E-state index contributed by atoms with van der Waals surface area (Å²) in [4.78, 5) is 0. The molecule has 0 aromatic heterocycles. The molecular formula is C29H53P. The van der Waals surface area contributed by atoms with Crippen LogP contribution in [0.1, 0.15) is 135 Å². The molecule has 1 aromatic rings. The molecule has 0 amide bonds. The van der Waals surface area contributed by atoms with Gasteiger partial charge in [-0.3, -0.25) is 0 Å². The molecule has 0 N–H and O–H groups in total. The van der Waals surface area contributed by atoms with Crippen LogP contribution in [-0.4, -0.2) is 12.3 Å². The van der Waals surface area contributed by atoms with Gasteiger partial charge in [0.05, 0.1) is 0 Å². The molecule has 0 aliphatic rings. The van der Waals surface area contributed by atoms with Gasteiger partial charge in [-0.15, -0.1) is 0 Å². The van der Waals surface area contributed by atoms with Crippen molar-refractivity contribution in [3.8, 4) is 0 Å². The SMILES string of the molecule is CCCCCCP(CCCCC)c1ccc(CCCC)c(CCCC)c1CCCC. The van der Waals surface area contributed by atoms with Crippen molar-refractivity contribution in [1.82, 2.24) is 0 Å². The van der Waals surface area contributed by atoms with Crippen LogP contribution in [0.15, 0.2) is 12.1 Å². The van der Waals surface area contributed by atoms with Crippen LogP contribution in [0.25, 0.3) is 0 Å². The number of unbranched alkanes of at least 4 members (excludes halogenated alkanes) is 8. The van der Waals surface area contributed by atoms with Gasteiger partial charge in [0, 0.05) is 0 Å². The summed E-state index contributed by atoms with van der Waals surface area (Å²) in [5.41, 5.74) is 5.29. The molecule has 0 spiro atoms. The van der Waals surface area contributed by atoms with Gasteiger partial charge in [0.15, 0.2) is 0 Å². The second kappa shape index (κ2) is 18.2. The molecule has 0 aliphatic carbocycles. The summed E-state index contributed by atoms with van der Waals surface area (Å²) in [6, 6.07) is 5.18. The predicted octanol–water partition coefficient (Wildman–Crippen LogP) is 9.59. The van der Waals surface area contributed by atoms with Crippen molar-refractivity contribution in [3.05, 3.63) is 28.8 Å². The zero-order chi connectivity index (χ0) is 22.0. The quantitative estimate of drug-likeness (QED) is 0.151. The monoisotopic (exact) mass is 432 g/mol. The van der Waals surface area contributed by atoms with Crippen molar-refractivity contribution in [2.24, 2.45) is 0 Å². The van der Waals surface area contributed by atoms with Crippen LogP contribution < -0.4 is 5.30 Å². The second-order valence-electron chi connectivity index (χ2n) is 9.27. The molecule has 0 saturated carbocycles. The Morgan fingerprint density at radius 2 is 1.00 bits per heavy atom. The highest BCUT2D eigenvalue weighted by Gasteiger charge is 2.19. The molecule has 0 aliphatic heterocycles. The lowest BCUT2D eigenvalue weighted by atomic mass is 9.91. The fourth-order valence-corrected chi connectivity index (χ4v) is 7.39. The van der Waals surface area contributed by atoms with Crippen molar-refractivity contribution in [2.45, 2.75) is 137 Å². The van der Waals surface area contributed by atoms with Gasteiger partial charge in [-0.05, 0) is 85.7 Å². The van der Waals surface area contributed by atoms with E-state index in [-0.39, 0.29) is 7.92 Å². The average molecular weight is 433 g/mol.